The van der Waals surface area contributed by atoms with Crippen LogP contribution in [0.15, 0.2) is 36.4 Å². The van der Waals surface area contributed by atoms with Crippen LogP contribution in [0.5, 0.6) is 5.75 Å². The Morgan fingerprint density at radius 1 is 1.14 bits per heavy atom. The third kappa shape index (κ3) is 3.62. The van der Waals surface area contributed by atoms with Crippen LogP contribution in [0, 0.1) is 6.92 Å². The highest BCUT2D eigenvalue weighted by Gasteiger charge is 2.14. The van der Waals surface area contributed by atoms with E-state index in [1.54, 1.807) is 49.6 Å². The molecule has 0 amide bonds. The Bertz CT molecular complexity index is 752. The summed E-state index contributed by atoms with van der Waals surface area (Å²) in [5.74, 6) is -0.333. The highest BCUT2D eigenvalue weighted by molar-refractivity contribution is 6.42. The number of carboxylic acids is 1. The van der Waals surface area contributed by atoms with Crippen LogP contribution in [0.3, 0.4) is 0 Å². The molecule has 0 radical (unpaired) electrons. The summed E-state index contributed by atoms with van der Waals surface area (Å²) >= 11 is 11.8. The number of carboxylic acid groups (broad SMARTS) is 1. The monoisotopic (exact) mass is 336 g/mol. The smallest absolute Gasteiger partial charge is 0.336 e. The van der Waals surface area contributed by atoms with Gasteiger partial charge in [-0.1, -0.05) is 35.3 Å². The standard InChI is InChI=1S/C17H14Cl2O3/c1-10-7-12(22-2)4-5-13(10)14(17(20)21)8-11-3-6-15(18)16(19)9-11/h3-9H,1-2H3,(H,20,21)/b14-8-. The van der Waals surface area contributed by atoms with Crippen molar-refractivity contribution in [3.63, 3.8) is 0 Å². The van der Waals surface area contributed by atoms with Gasteiger partial charge in [0.25, 0.3) is 0 Å². The van der Waals surface area contributed by atoms with Gasteiger partial charge in [0.2, 0.25) is 0 Å². The van der Waals surface area contributed by atoms with E-state index in [1.807, 2.05) is 6.92 Å². The first-order valence-electron chi connectivity index (χ1n) is 6.47. The van der Waals surface area contributed by atoms with Gasteiger partial charge in [-0.25, -0.2) is 4.79 Å². The quantitative estimate of drug-likeness (QED) is 0.635. The predicted molar refractivity (Wildman–Crippen MR) is 89.7 cm³/mol. The molecule has 0 saturated carbocycles. The lowest BCUT2D eigenvalue weighted by molar-refractivity contribution is -0.130. The normalized spacial score (nSPS) is 11.4. The molecule has 0 bridgehead atoms. The summed E-state index contributed by atoms with van der Waals surface area (Å²) < 4.78 is 5.14. The third-order valence-electron chi connectivity index (χ3n) is 3.21. The van der Waals surface area contributed by atoms with Crippen molar-refractivity contribution in [1.29, 1.82) is 0 Å². The van der Waals surface area contributed by atoms with Crippen molar-refractivity contribution in [3.05, 3.63) is 63.1 Å². The zero-order valence-corrected chi connectivity index (χ0v) is 13.6. The molecule has 114 valence electrons. The molecule has 0 fully saturated rings. The number of benzene rings is 2. The zero-order valence-electron chi connectivity index (χ0n) is 12.1. The lowest BCUT2D eigenvalue weighted by Gasteiger charge is -2.09. The summed E-state index contributed by atoms with van der Waals surface area (Å²) in [4.78, 5) is 11.6. The molecule has 0 atom stereocenters. The van der Waals surface area contributed by atoms with E-state index < -0.39 is 5.97 Å². The summed E-state index contributed by atoms with van der Waals surface area (Å²) in [7, 11) is 1.57. The number of rotatable bonds is 4. The van der Waals surface area contributed by atoms with E-state index in [0.29, 0.717) is 26.9 Å². The summed E-state index contributed by atoms with van der Waals surface area (Å²) in [5, 5.41) is 10.3. The zero-order chi connectivity index (χ0) is 16.3. The van der Waals surface area contributed by atoms with Crippen molar-refractivity contribution in [2.75, 3.05) is 7.11 Å². The summed E-state index contributed by atoms with van der Waals surface area (Å²) in [6.07, 6.45) is 1.57. The number of methoxy groups -OCH3 is 1. The van der Waals surface area contributed by atoms with Gasteiger partial charge >= 0.3 is 5.97 Å². The SMILES string of the molecule is COc1ccc(/C(=C/c2ccc(Cl)c(Cl)c2)C(=O)O)c(C)c1. The second-order valence-electron chi connectivity index (χ2n) is 4.72. The summed E-state index contributed by atoms with van der Waals surface area (Å²) in [5.41, 5.74) is 2.29. The van der Waals surface area contributed by atoms with Crippen molar-refractivity contribution in [2.24, 2.45) is 0 Å². The van der Waals surface area contributed by atoms with E-state index in [2.05, 4.69) is 0 Å². The second-order valence-corrected chi connectivity index (χ2v) is 5.53. The number of carbonyl (C=O) groups is 1. The first-order chi connectivity index (χ1) is 10.4. The fourth-order valence-corrected chi connectivity index (χ4v) is 2.40. The average molecular weight is 337 g/mol. The van der Waals surface area contributed by atoms with Crippen LogP contribution in [0.2, 0.25) is 10.0 Å². The van der Waals surface area contributed by atoms with Gasteiger partial charge in [0.05, 0.1) is 22.7 Å². The Hall–Kier alpha value is -1.97. The Labute approximate surface area is 138 Å². The Balaban J connectivity index is 2.52. The van der Waals surface area contributed by atoms with Crippen LogP contribution in [-0.4, -0.2) is 18.2 Å². The molecule has 2 aromatic carbocycles. The summed E-state index contributed by atoms with van der Waals surface area (Å²) in [6.45, 7) is 1.84. The Morgan fingerprint density at radius 3 is 2.41 bits per heavy atom. The highest BCUT2D eigenvalue weighted by Crippen LogP contribution is 2.28. The molecule has 3 nitrogen and oxygen atoms in total. The molecule has 0 unspecified atom stereocenters. The van der Waals surface area contributed by atoms with Crippen LogP contribution in [0.1, 0.15) is 16.7 Å². The minimum atomic E-state index is -1.01. The molecule has 0 spiro atoms. The fourth-order valence-electron chi connectivity index (χ4n) is 2.09. The van der Waals surface area contributed by atoms with E-state index in [4.69, 9.17) is 27.9 Å². The Kier molecular flexibility index (Phi) is 5.11. The van der Waals surface area contributed by atoms with E-state index >= 15 is 0 Å². The molecule has 22 heavy (non-hydrogen) atoms. The molecule has 5 heteroatoms. The highest BCUT2D eigenvalue weighted by atomic mass is 35.5. The van der Waals surface area contributed by atoms with Gasteiger partial charge in [0.1, 0.15) is 5.75 Å². The lowest BCUT2D eigenvalue weighted by atomic mass is 9.98. The van der Waals surface area contributed by atoms with Crippen LogP contribution in [-0.2, 0) is 4.79 Å². The van der Waals surface area contributed by atoms with E-state index in [9.17, 15) is 9.90 Å². The minimum absolute atomic E-state index is 0.179. The van der Waals surface area contributed by atoms with Gasteiger partial charge in [-0.3, -0.25) is 0 Å². The van der Waals surface area contributed by atoms with Crippen LogP contribution >= 0.6 is 23.2 Å². The molecule has 2 aromatic rings. The van der Waals surface area contributed by atoms with Crippen LogP contribution < -0.4 is 4.74 Å². The number of hydrogen-bond acceptors (Lipinski definition) is 2. The van der Waals surface area contributed by atoms with Gasteiger partial charge in [-0.15, -0.1) is 0 Å². The number of ether oxygens (including phenoxy) is 1. The van der Waals surface area contributed by atoms with Crippen molar-refractivity contribution in [2.45, 2.75) is 6.92 Å². The molecule has 2 rings (SSSR count). The maximum Gasteiger partial charge on any atom is 0.336 e. The first kappa shape index (κ1) is 16.4. The molecular formula is C17H14Cl2O3. The van der Waals surface area contributed by atoms with E-state index in [1.165, 1.54) is 0 Å². The largest absolute Gasteiger partial charge is 0.497 e. The minimum Gasteiger partial charge on any atom is -0.497 e. The molecule has 0 aliphatic rings. The maximum absolute atomic E-state index is 11.6. The van der Waals surface area contributed by atoms with Crippen molar-refractivity contribution < 1.29 is 14.6 Å². The molecule has 0 aliphatic carbocycles. The predicted octanol–water partition coefficient (Wildman–Crippen LogP) is 4.94. The van der Waals surface area contributed by atoms with Crippen molar-refractivity contribution in [1.82, 2.24) is 0 Å². The maximum atomic E-state index is 11.6. The van der Waals surface area contributed by atoms with Crippen molar-refractivity contribution in [3.8, 4) is 5.75 Å². The van der Waals surface area contributed by atoms with Gasteiger partial charge in [0.15, 0.2) is 0 Å². The van der Waals surface area contributed by atoms with Gasteiger partial charge in [-0.2, -0.15) is 0 Å². The lowest BCUT2D eigenvalue weighted by Crippen LogP contribution is -2.02. The number of halogens is 2. The molecule has 0 aliphatic heterocycles. The number of hydrogen-bond donors (Lipinski definition) is 1. The average Bonchev–Trinajstić information content (AvgIpc) is 2.48. The van der Waals surface area contributed by atoms with Crippen molar-refractivity contribution >= 4 is 40.8 Å². The number of aliphatic carboxylic acids is 1. The molecular weight excluding hydrogens is 323 g/mol. The molecule has 0 aromatic heterocycles. The van der Waals surface area contributed by atoms with E-state index in [-0.39, 0.29) is 5.57 Å². The van der Waals surface area contributed by atoms with Crippen LogP contribution in [0.25, 0.3) is 11.6 Å². The molecule has 0 heterocycles. The topological polar surface area (TPSA) is 46.5 Å². The molecule has 1 N–H and O–H groups in total. The van der Waals surface area contributed by atoms with Crippen LogP contribution in [0.4, 0.5) is 0 Å². The Morgan fingerprint density at radius 2 is 1.86 bits per heavy atom. The van der Waals surface area contributed by atoms with Gasteiger partial charge < -0.3 is 9.84 Å². The third-order valence-corrected chi connectivity index (χ3v) is 3.95. The second kappa shape index (κ2) is 6.86. The van der Waals surface area contributed by atoms with E-state index in [0.717, 1.165) is 5.56 Å². The van der Waals surface area contributed by atoms with Gasteiger partial charge in [-0.05, 0) is 54.0 Å². The fraction of sp³-hybridized carbons (Fsp3) is 0.118. The van der Waals surface area contributed by atoms with Gasteiger partial charge in [0, 0.05) is 0 Å². The summed E-state index contributed by atoms with van der Waals surface area (Å²) in [6, 6.07) is 10.2. The first-order valence-corrected chi connectivity index (χ1v) is 7.23. The molecule has 0 saturated heterocycles. The number of aryl methyl sites for hydroxylation is 1.